The molecule has 60 heavy (non-hydrogen) atoms. The number of rotatable bonds is 5. The number of nitrogens with zero attached hydrogens (tertiary/aromatic N) is 4. The molecular formula is C55H34N4O. The van der Waals surface area contributed by atoms with Crippen LogP contribution in [0.25, 0.3) is 78.6 Å². The molecule has 0 bridgehead atoms. The second-order valence-corrected chi connectivity index (χ2v) is 15.3. The van der Waals surface area contributed by atoms with Gasteiger partial charge in [-0.25, -0.2) is 19.9 Å². The summed E-state index contributed by atoms with van der Waals surface area (Å²) in [7, 11) is 0. The SMILES string of the molecule is c1ccc(-c2nc(-c3ccccc3)nc(-c3cccc(-c4cccc(-c5nc6c(c7ccccc57)C5(c7ccccc7Oc7ccccc75)c5ccccc5-6)c4)c3)n2)cc1. The summed E-state index contributed by atoms with van der Waals surface area (Å²) in [5, 5.41) is 2.27. The molecule has 0 fully saturated rings. The largest absolute Gasteiger partial charge is 0.457 e. The highest BCUT2D eigenvalue weighted by Gasteiger charge is 2.52. The second-order valence-electron chi connectivity index (χ2n) is 15.3. The Kier molecular flexibility index (Phi) is 7.69. The number of hydrogen-bond acceptors (Lipinski definition) is 5. The molecule has 0 radical (unpaired) electrons. The molecule has 3 heterocycles. The van der Waals surface area contributed by atoms with Gasteiger partial charge in [0.25, 0.3) is 0 Å². The predicted molar refractivity (Wildman–Crippen MR) is 240 cm³/mol. The van der Waals surface area contributed by atoms with Gasteiger partial charge in [0.05, 0.1) is 16.8 Å². The molecule has 0 unspecified atom stereocenters. The minimum Gasteiger partial charge on any atom is -0.457 e. The number of benzene rings is 8. The summed E-state index contributed by atoms with van der Waals surface area (Å²) in [5.41, 5.74) is 13.1. The maximum atomic E-state index is 6.61. The Bertz CT molecular complexity index is 3200. The Hall–Kier alpha value is -8.02. The fourth-order valence-corrected chi connectivity index (χ4v) is 9.38. The third-order valence-corrected chi connectivity index (χ3v) is 12.0. The van der Waals surface area contributed by atoms with Crippen LogP contribution in [0.3, 0.4) is 0 Å². The van der Waals surface area contributed by atoms with E-state index in [-0.39, 0.29) is 0 Å². The van der Waals surface area contributed by atoms with E-state index in [9.17, 15) is 0 Å². The van der Waals surface area contributed by atoms with Crippen molar-refractivity contribution >= 4 is 10.8 Å². The van der Waals surface area contributed by atoms with Gasteiger partial charge < -0.3 is 4.74 Å². The molecule has 0 N–H and O–H groups in total. The molecule has 1 aliphatic carbocycles. The van der Waals surface area contributed by atoms with E-state index in [1.165, 1.54) is 16.5 Å². The molecule has 0 amide bonds. The fraction of sp³-hybridized carbons (Fsp3) is 0.0182. The number of para-hydroxylation sites is 2. The summed E-state index contributed by atoms with van der Waals surface area (Å²) in [4.78, 5) is 20.6. The lowest BCUT2D eigenvalue weighted by atomic mass is 9.65. The summed E-state index contributed by atoms with van der Waals surface area (Å²) in [6.07, 6.45) is 0. The van der Waals surface area contributed by atoms with E-state index < -0.39 is 5.41 Å². The van der Waals surface area contributed by atoms with Gasteiger partial charge in [0, 0.05) is 49.9 Å². The quantitative estimate of drug-likeness (QED) is 0.175. The van der Waals surface area contributed by atoms with Crippen molar-refractivity contribution in [1.82, 2.24) is 19.9 Å². The molecule has 5 nitrogen and oxygen atoms in total. The molecule has 10 aromatic rings. The van der Waals surface area contributed by atoms with Crippen molar-refractivity contribution in [3.05, 3.63) is 229 Å². The van der Waals surface area contributed by atoms with Crippen molar-refractivity contribution in [2.24, 2.45) is 0 Å². The van der Waals surface area contributed by atoms with Gasteiger partial charge >= 0.3 is 0 Å². The first-order chi connectivity index (χ1) is 29.7. The van der Waals surface area contributed by atoms with E-state index in [0.29, 0.717) is 17.5 Å². The Morgan fingerprint density at radius 3 is 1.40 bits per heavy atom. The average Bonchev–Trinajstić information content (AvgIpc) is 3.62. The summed E-state index contributed by atoms with van der Waals surface area (Å²) >= 11 is 0. The van der Waals surface area contributed by atoms with Crippen molar-refractivity contribution in [1.29, 1.82) is 0 Å². The molecule has 8 aromatic carbocycles. The molecule has 0 atom stereocenters. The summed E-state index contributed by atoms with van der Waals surface area (Å²) in [5.74, 6) is 3.63. The standard InChI is InChI=1S/C55H34N4O/c1-3-17-35(18-4-1)52-57-53(36-19-5-2-6-20-36)59-54(58-52)40-24-16-22-38(34-40)37-21-15-23-39(33-37)50-42-26-8-7-25-41(42)49-51(56-50)43-27-9-10-28-44(43)55(49)45-29-11-13-31-47(45)60-48-32-14-12-30-46(48)55/h1-34H. The summed E-state index contributed by atoms with van der Waals surface area (Å²) in [6.45, 7) is 0. The van der Waals surface area contributed by atoms with Gasteiger partial charge in [-0.15, -0.1) is 0 Å². The molecule has 0 saturated heterocycles. The topological polar surface area (TPSA) is 60.8 Å². The Balaban J connectivity index is 1.02. The minimum absolute atomic E-state index is 0.611. The first kappa shape index (κ1) is 34.1. The lowest BCUT2D eigenvalue weighted by Crippen LogP contribution is -2.32. The normalized spacial score (nSPS) is 12.9. The molecule has 280 valence electrons. The number of hydrogen-bond donors (Lipinski definition) is 0. The maximum Gasteiger partial charge on any atom is 0.164 e. The van der Waals surface area contributed by atoms with Crippen molar-refractivity contribution in [3.8, 4) is 79.3 Å². The van der Waals surface area contributed by atoms with E-state index in [0.717, 1.165) is 78.3 Å². The fourth-order valence-electron chi connectivity index (χ4n) is 9.38. The number of aromatic nitrogens is 4. The summed E-state index contributed by atoms with van der Waals surface area (Å²) < 4.78 is 6.61. The van der Waals surface area contributed by atoms with Gasteiger partial charge in [-0.05, 0) is 46.3 Å². The van der Waals surface area contributed by atoms with E-state index in [2.05, 4.69) is 146 Å². The van der Waals surface area contributed by atoms with Gasteiger partial charge in [-0.2, -0.15) is 0 Å². The first-order valence-corrected chi connectivity index (χ1v) is 20.2. The van der Waals surface area contributed by atoms with E-state index in [1.54, 1.807) is 0 Å². The molecule has 1 aliphatic heterocycles. The van der Waals surface area contributed by atoms with Crippen LogP contribution in [-0.4, -0.2) is 19.9 Å². The van der Waals surface area contributed by atoms with Gasteiger partial charge in [-0.3, -0.25) is 0 Å². The lowest BCUT2D eigenvalue weighted by molar-refractivity contribution is 0.437. The summed E-state index contributed by atoms with van der Waals surface area (Å²) in [6, 6.07) is 71.9. The minimum atomic E-state index is -0.611. The van der Waals surface area contributed by atoms with Gasteiger partial charge in [-0.1, -0.05) is 182 Å². The zero-order chi connectivity index (χ0) is 39.6. The van der Waals surface area contributed by atoms with Crippen molar-refractivity contribution in [2.45, 2.75) is 5.41 Å². The van der Waals surface area contributed by atoms with E-state index >= 15 is 0 Å². The van der Waals surface area contributed by atoms with E-state index in [4.69, 9.17) is 24.7 Å². The molecule has 2 aromatic heterocycles. The molecule has 2 aliphatic rings. The van der Waals surface area contributed by atoms with Crippen LogP contribution in [0.2, 0.25) is 0 Å². The van der Waals surface area contributed by atoms with Crippen molar-refractivity contribution < 1.29 is 4.74 Å². The first-order valence-electron chi connectivity index (χ1n) is 20.2. The van der Waals surface area contributed by atoms with Crippen LogP contribution < -0.4 is 4.74 Å². The third-order valence-electron chi connectivity index (χ3n) is 12.0. The number of fused-ring (bicyclic) bond motifs is 11. The van der Waals surface area contributed by atoms with Crippen LogP contribution in [0.5, 0.6) is 11.5 Å². The van der Waals surface area contributed by atoms with Crippen LogP contribution in [0, 0.1) is 0 Å². The molecule has 0 saturated carbocycles. The molecule has 5 heteroatoms. The van der Waals surface area contributed by atoms with Gasteiger partial charge in [0.2, 0.25) is 0 Å². The Morgan fingerprint density at radius 2 is 0.767 bits per heavy atom. The van der Waals surface area contributed by atoms with Crippen LogP contribution >= 0.6 is 0 Å². The van der Waals surface area contributed by atoms with Crippen LogP contribution in [0.1, 0.15) is 22.3 Å². The lowest BCUT2D eigenvalue weighted by Gasteiger charge is -2.39. The molecule has 12 rings (SSSR count). The highest BCUT2D eigenvalue weighted by atomic mass is 16.5. The van der Waals surface area contributed by atoms with E-state index in [1.807, 2.05) is 60.7 Å². The van der Waals surface area contributed by atoms with Crippen LogP contribution in [0.15, 0.2) is 206 Å². The van der Waals surface area contributed by atoms with Crippen LogP contribution in [-0.2, 0) is 5.41 Å². The molecule has 1 spiro atoms. The van der Waals surface area contributed by atoms with Crippen LogP contribution in [0.4, 0.5) is 0 Å². The average molecular weight is 767 g/mol. The van der Waals surface area contributed by atoms with Crippen molar-refractivity contribution in [2.75, 3.05) is 0 Å². The van der Waals surface area contributed by atoms with Gasteiger partial charge in [0.15, 0.2) is 17.5 Å². The molecular weight excluding hydrogens is 733 g/mol. The number of ether oxygens (including phenoxy) is 1. The maximum absolute atomic E-state index is 6.61. The Morgan fingerprint density at radius 1 is 0.317 bits per heavy atom. The predicted octanol–water partition coefficient (Wildman–Crippen LogP) is 13.2. The smallest absolute Gasteiger partial charge is 0.164 e. The zero-order valence-electron chi connectivity index (χ0n) is 32.3. The van der Waals surface area contributed by atoms with Crippen molar-refractivity contribution in [3.63, 3.8) is 0 Å². The Labute approximate surface area is 347 Å². The highest BCUT2D eigenvalue weighted by Crippen LogP contribution is 2.63. The zero-order valence-corrected chi connectivity index (χ0v) is 32.3. The second kappa shape index (κ2) is 13.5. The number of pyridine rings is 1. The monoisotopic (exact) mass is 766 g/mol. The highest BCUT2D eigenvalue weighted by molar-refractivity contribution is 6.05. The van der Waals surface area contributed by atoms with Gasteiger partial charge in [0.1, 0.15) is 11.5 Å². The third kappa shape index (κ3) is 5.19.